The average molecular weight is 324 g/mol. The van der Waals surface area contributed by atoms with Crippen molar-refractivity contribution in [2.45, 2.75) is 31.8 Å². The van der Waals surface area contributed by atoms with Gasteiger partial charge in [0.25, 0.3) is 0 Å². The van der Waals surface area contributed by atoms with Crippen LogP contribution in [-0.4, -0.2) is 48.8 Å². The van der Waals surface area contributed by atoms with Crippen LogP contribution in [0.15, 0.2) is 42.5 Å². The molecule has 1 unspecified atom stereocenters. The number of aliphatic hydroxyl groups is 1. The molecule has 128 valence electrons. The highest BCUT2D eigenvalue weighted by Crippen LogP contribution is 2.38. The normalized spacial score (nSPS) is 24.5. The third kappa shape index (κ3) is 3.34. The van der Waals surface area contributed by atoms with Crippen LogP contribution < -0.4 is 5.32 Å². The van der Waals surface area contributed by atoms with Gasteiger partial charge < -0.3 is 10.4 Å². The summed E-state index contributed by atoms with van der Waals surface area (Å²) in [5.41, 5.74) is 1.76. The highest BCUT2D eigenvalue weighted by molar-refractivity contribution is 5.85. The number of piperidine rings is 2. The molecule has 1 spiro atoms. The number of likely N-dealkylation sites (tertiary alicyclic amines) is 1. The molecule has 0 aromatic heterocycles. The number of nitrogens with one attached hydrogen (secondary N) is 1. The van der Waals surface area contributed by atoms with E-state index in [2.05, 4.69) is 52.7 Å². The Kier molecular flexibility index (Phi) is 4.57. The van der Waals surface area contributed by atoms with Gasteiger partial charge in [-0.15, -0.1) is 0 Å². The van der Waals surface area contributed by atoms with Crippen LogP contribution in [0.25, 0.3) is 10.8 Å². The predicted molar refractivity (Wildman–Crippen MR) is 99.3 cm³/mol. The van der Waals surface area contributed by atoms with Crippen LogP contribution in [0.4, 0.5) is 0 Å². The minimum absolute atomic E-state index is 0.163. The van der Waals surface area contributed by atoms with Gasteiger partial charge in [-0.3, -0.25) is 4.90 Å². The molecule has 0 radical (unpaired) electrons. The molecule has 2 fully saturated rings. The lowest BCUT2D eigenvalue weighted by molar-refractivity contribution is -0.0240. The molecule has 2 saturated heterocycles. The quantitative estimate of drug-likeness (QED) is 0.911. The van der Waals surface area contributed by atoms with Crippen molar-refractivity contribution in [3.63, 3.8) is 0 Å². The Labute approximate surface area is 144 Å². The van der Waals surface area contributed by atoms with E-state index < -0.39 is 0 Å². The van der Waals surface area contributed by atoms with Crippen molar-refractivity contribution in [3.8, 4) is 0 Å². The fraction of sp³-hybridized carbons (Fsp3) is 0.524. The van der Waals surface area contributed by atoms with Gasteiger partial charge in [0, 0.05) is 19.6 Å². The third-order valence-electron chi connectivity index (χ3n) is 5.94. The predicted octanol–water partition coefficient (Wildman–Crippen LogP) is 2.82. The first-order valence-corrected chi connectivity index (χ1v) is 9.32. The minimum atomic E-state index is -0.163. The molecule has 2 aromatic rings. The van der Waals surface area contributed by atoms with Crippen molar-refractivity contribution < 1.29 is 5.11 Å². The Morgan fingerprint density at radius 3 is 2.75 bits per heavy atom. The maximum absolute atomic E-state index is 10.4. The van der Waals surface area contributed by atoms with Crippen LogP contribution in [0.1, 0.15) is 24.8 Å². The lowest BCUT2D eigenvalue weighted by Crippen LogP contribution is -2.53. The molecule has 0 aliphatic carbocycles. The summed E-state index contributed by atoms with van der Waals surface area (Å²) in [5, 5.41) is 16.6. The Hall–Kier alpha value is -1.42. The lowest BCUT2D eigenvalue weighted by atomic mass is 9.72. The van der Waals surface area contributed by atoms with Crippen LogP contribution in [0.3, 0.4) is 0 Å². The second kappa shape index (κ2) is 6.83. The van der Waals surface area contributed by atoms with Gasteiger partial charge in [0.2, 0.25) is 0 Å². The Morgan fingerprint density at radius 1 is 1.08 bits per heavy atom. The first-order valence-electron chi connectivity index (χ1n) is 9.32. The van der Waals surface area contributed by atoms with E-state index in [-0.39, 0.29) is 6.10 Å². The number of hydrogen-bond donors (Lipinski definition) is 2. The summed E-state index contributed by atoms with van der Waals surface area (Å²) in [7, 11) is 0. The van der Waals surface area contributed by atoms with Crippen molar-refractivity contribution in [1.29, 1.82) is 0 Å². The van der Waals surface area contributed by atoms with Gasteiger partial charge in [-0.1, -0.05) is 42.5 Å². The van der Waals surface area contributed by atoms with Gasteiger partial charge in [0.05, 0.1) is 6.10 Å². The average Bonchev–Trinajstić information content (AvgIpc) is 2.60. The first kappa shape index (κ1) is 16.1. The Balaban J connectivity index is 1.46. The maximum Gasteiger partial charge on any atom is 0.0672 e. The highest BCUT2D eigenvalue weighted by Gasteiger charge is 2.39. The van der Waals surface area contributed by atoms with E-state index in [1.807, 2.05) is 0 Å². The molecule has 0 bridgehead atoms. The molecule has 2 aliphatic heterocycles. The van der Waals surface area contributed by atoms with Crippen molar-refractivity contribution in [2.24, 2.45) is 5.41 Å². The van der Waals surface area contributed by atoms with Gasteiger partial charge in [0.1, 0.15) is 0 Å². The van der Waals surface area contributed by atoms with Crippen LogP contribution >= 0.6 is 0 Å². The molecule has 3 nitrogen and oxygen atoms in total. The van der Waals surface area contributed by atoms with Crippen molar-refractivity contribution in [1.82, 2.24) is 10.2 Å². The smallest absolute Gasteiger partial charge is 0.0672 e. The van der Waals surface area contributed by atoms with Crippen molar-refractivity contribution in [3.05, 3.63) is 48.0 Å². The molecule has 0 saturated carbocycles. The summed E-state index contributed by atoms with van der Waals surface area (Å²) in [6.07, 6.45) is 4.29. The summed E-state index contributed by atoms with van der Waals surface area (Å²) in [4.78, 5) is 2.50. The standard InChI is InChI=1S/C21H28N2O/c24-19-14-21(9-11-22-12-10-21)16-23(15-19)13-8-18-6-3-5-17-4-1-2-7-20(17)18/h1-7,19,22,24H,8-16H2. The number of hydrogen-bond acceptors (Lipinski definition) is 3. The number of aliphatic hydroxyl groups excluding tert-OH is 1. The first-order chi connectivity index (χ1) is 11.7. The second-order valence-corrected chi connectivity index (χ2v) is 7.73. The molecule has 1 atom stereocenters. The SMILES string of the molecule is OC1CN(CCc2cccc3ccccc23)CC2(CCNCC2)C1. The van der Waals surface area contributed by atoms with Crippen LogP contribution in [0.2, 0.25) is 0 Å². The van der Waals surface area contributed by atoms with Crippen LogP contribution in [0.5, 0.6) is 0 Å². The topological polar surface area (TPSA) is 35.5 Å². The molecule has 0 amide bonds. The molecule has 3 heteroatoms. The molecule has 24 heavy (non-hydrogen) atoms. The molecule has 2 aliphatic rings. The van der Waals surface area contributed by atoms with E-state index in [0.717, 1.165) is 45.6 Å². The van der Waals surface area contributed by atoms with Gasteiger partial charge in [-0.2, -0.15) is 0 Å². The van der Waals surface area contributed by atoms with E-state index in [1.165, 1.54) is 29.2 Å². The number of nitrogens with zero attached hydrogens (tertiary/aromatic N) is 1. The fourth-order valence-corrected chi connectivity index (χ4v) is 4.74. The zero-order chi connectivity index (χ0) is 16.4. The van der Waals surface area contributed by atoms with Crippen molar-refractivity contribution in [2.75, 3.05) is 32.7 Å². The zero-order valence-corrected chi connectivity index (χ0v) is 14.4. The van der Waals surface area contributed by atoms with E-state index in [4.69, 9.17) is 0 Å². The monoisotopic (exact) mass is 324 g/mol. The largest absolute Gasteiger partial charge is 0.392 e. The molecule has 2 heterocycles. The second-order valence-electron chi connectivity index (χ2n) is 7.73. The molecule has 4 rings (SSSR count). The summed E-state index contributed by atoms with van der Waals surface area (Å²) in [6.45, 7) is 5.23. The third-order valence-corrected chi connectivity index (χ3v) is 5.94. The molecular weight excluding hydrogens is 296 g/mol. The zero-order valence-electron chi connectivity index (χ0n) is 14.4. The number of benzene rings is 2. The van der Waals surface area contributed by atoms with E-state index in [1.54, 1.807) is 0 Å². The van der Waals surface area contributed by atoms with Crippen molar-refractivity contribution >= 4 is 10.8 Å². The van der Waals surface area contributed by atoms with Gasteiger partial charge in [0.15, 0.2) is 0 Å². The van der Waals surface area contributed by atoms with Gasteiger partial charge >= 0.3 is 0 Å². The van der Waals surface area contributed by atoms with E-state index in [0.29, 0.717) is 5.41 Å². The maximum atomic E-state index is 10.4. The minimum Gasteiger partial charge on any atom is -0.392 e. The molecule has 2 N–H and O–H groups in total. The van der Waals surface area contributed by atoms with Crippen LogP contribution in [0, 0.1) is 5.41 Å². The lowest BCUT2D eigenvalue weighted by Gasteiger charge is -2.47. The molecular formula is C21H28N2O. The molecule has 2 aromatic carbocycles. The van der Waals surface area contributed by atoms with Gasteiger partial charge in [-0.05, 0) is 60.5 Å². The summed E-state index contributed by atoms with van der Waals surface area (Å²) >= 11 is 0. The number of β-amino-alcohol motifs (C(OH)–C–C–N with tert-alkyl or cyclic N) is 1. The summed E-state index contributed by atoms with van der Waals surface area (Å²) < 4.78 is 0. The fourth-order valence-electron chi connectivity index (χ4n) is 4.74. The summed E-state index contributed by atoms with van der Waals surface area (Å²) in [6, 6.07) is 15.2. The Morgan fingerprint density at radius 2 is 1.88 bits per heavy atom. The Bertz CT molecular complexity index is 688. The highest BCUT2D eigenvalue weighted by atomic mass is 16.3. The summed E-state index contributed by atoms with van der Waals surface area (Å²) in [5.74, 6) is 0. The van der Waals surface area contributed by atoms with E-state index >= 15 is 0 Å². The number of rotatable bonds is 3. The van der Waals surface area contributed by atoms with E-state index in [9.17, 15) is 5.11 Å². The van der Waals surface area contributed by atoms with Gasteiger partial charge in [-0.25, -0.2) is 0 Å². The van der Waals surface area contributed by atoms with Crippen LogP contribution in [-0.2, 0) is 6.42 Å². The number of fused-ring (bicyclic) bond motifs is 1.